The van der Waals surface area contributed by atoms with Crippen molar-refractivity contribution in [2.45, 2.75) is 44.2 Å². The van der Waals surface area contributed by atoms with E-state index in [4.69, 9.17) is 9.84 Å². The Morgan fingerprint density at radius 3 is 2.16 bits per heavy atom. The van der Waals surface area contributed by atoms with Gasteiger partial charge in [-0.1, -0.05) is 61.9 Å². The standard InChI is InChI=1S/C24H28N2O6/c1-3-12-24(2,22(30)25-13-20(27)21(28)29)26-23(31)32-14-19-17-10-6-4-8-15(17)16-9-5-7-11-18(16)19/h4-11,19-20,27H,3,12-14H2,1-2H3,(H,25,30)(H,26,31)(H,28,29). The van der Waals surface area contributed by atoms with Crippen molar-refractivity contribution in [1.29, 1.82) is 0 Å². The molecule has 0 radical (unpaired) electrons. The van der Waals surface area contributed by atoms with Gasteiger partial charge in [0.2, 0.25) is 5.91 Å². The Balaban J connectivity index is 1.66. The second-order valence-corrected chi connectivity index (χ2v) is 8.10. The fraction of sp³-hybridized carbons (Fsp3) is 0.375. The van der Waals surface area contributed by atoms with Crippen molar-refractivity contribution >= 4 is 18.0 Å². The summed E-state index contributed by atoms with van der Waals surface area (Å²) in [6.45, 7) is 3.05. The number of carboxylic acid groups (broad SMARTS) is 1. The average Bonchev–Trinajstić information content (AvgIpc) is 3.09. The van der Waals surface area contributed by atoms with Crippen LogP contribution in [0.1, 0.15) is 43.7 Å². The Hall–Kier alpha value is -3.39. The van der Waals surface area contributed by atoms with E-state index in [1.165, 1.54) is 0 Å². The Kier molecular flexibility index (Phi) is 7.15. The zero-order valence-corrected chi connectivity index (χ0v) is 18.1. The molecule has 3 rings (SSSR count). The smallest absolute Gasteiger partial charge is 0.408 e. The number of aliphatic hydroxyl groups excluding tert-OH is 1. The van der Waals surface area contributed by atoms with E-state index < -0.39 is 36.2 Å². The summed E-state index contributed by atoms with van der Waals surface area (Å²) >= 11 is 0. The van der Waals surface area contributed by atoms with E-state index in [2.05, 4.69) is 10.6 Å². The topological polar surface area (TPSA) is 125 Å². The van der Waals surface area contributed by atoms with Crippen LogP contribution in [0.2, 0.25) is 0 Å². The lowest BCUT2D eigenvalue weighted by Crippen LogP contribution is -2.58. The summed E-state index contributed by atoms with van der Waals surface area (Å²) in [4.78, 5) is 36.0. The minimum atomic E-state index is -1.72. The number of carbonyl (C=O) groups excluding carboxylic acids is 2. The van der Waals surface area contributed by atoms with E-state index in [1.54, 1.807) is 6.92 Å². The first-order valence-corrected chi connectivity index (χ1v) is 10.6. The van der Waals surface area contributed by atoms with Crippen LogP contribution in [-0.2, 0) is 14.3 Å². The van der Waals surface area contributed by atoms with Gasteiger partial charge in [-0.3, -0.25) is 4.79 Å². The van der Waals surface area contributed by atoms with Gasteiger partial charge in [-0.25, -0.2) is 9.59 Å². The number of hydrogen-bond donors (Lipinski definition) is 4. The fourth-order valence-electron chi connectivity index (χ4n) is 4.06. The highest BCUT2D eigenvalue weighted by Gasteiger charge is 2.36. The lowest BCUT2D eigenvalue weighted by atomic mass is 9.95. The van der Waals surface area contributed by atoms with E-state index >= 15 is 0 Å². The molecule has 0 aliphatic heterocycles. The number of fused-ring (bicyclic) bond motifs is 3. The van der Waals surface area contributed by atoms with Gasteiger partial charge in [-0.05, 0) is 35.6 Å². The first-order chi connectivity index (χ1) is 15.3. The number of carboxylic acids is 1. The predicted octanol–water partition coefficient (Wildman–Crippen LogP) is 2.65. The summed E-state index contributed by atoms with van der Waals surface area (Å²) < 4.78 is 5.52. The number of alkyl carbamates (subject to hydrolysis) is 1. The van der Waals surface area contributed by atoms with Crippen LogP contribution in [0.25, 0.3) is 11.1 Å². The number of aliphatic hydroxyl groups is 1. The number of carbonyl (C=O) groups is 3. The van der Waals surface area contributed by atoms with Gasteiger partial charge in [0.15, 0.2) is 6.10 Å². The lowest BCUT2D eigenvalue weighted by Gasteiger charge is -2.29. The second kappa shape index (κ2) is 9.82. The predicted molar refractivity (Wildman–Crippen MR) is 118 cm³/mol. The number of nitrogens with one attached hydrogen (secondary N) is 2. The van der Waals surface area contributed by atoms with Gasteiger partial charge in [0.25, 0.3) is 0 Å². The first-order valence-electron chi connectivity index (χ1n) is 10.6. The van der Waals surface area contributed by atoms with Gasteiger partial charge in [-0.15, -0.1) is 0 Å². The minimum absolute atomic E-state index is 0.106. The Morgan fingerprint density at radius 2 is 1.62 bits per heavy atom. The third-order valence-corrected chi connectivity index (χ3v) is 5.71. The van der Waals surface area contributed by atoms with Gasteiger partial charge >= 0.3 is 12.1 Å². The molecule has 0 heterocycles. The van der Waals surface area contributed by atoms with E-state index in [-0.39, 0.29) is 12.5 Å². The van der Waals surface area contributed by atoms with Crippen molar-refractivity contribution in [1.82, 2.24) is 10.6 Å². The summed E-state index contributed by atoms with van der Waals surface area (Å²) in [6, 6.07) is 16.0. The van der Waals surface area contributed by atoms with Crippen molar-refractivity contribution in [2.75, 3.05) is 13.2 Å². The summed E-state index contributed by atoms with van der Waals surface area (Å²) in [5, 5.41) is 23.2. The van der Waals surface area contributed by atoms with Crippen LogP contribution in [0.5, 0.6) is 0 Å². The van der Waals surface area contributed by atoms with E-state index in [0.29, 0.717) is 12.8 Å². The summed E-state index contributed by atoms with van der Waals surface area (Å²) in [6.07, 6.45) is -1.56. The monoisotopic (exact) mass is 440 g/mol. The van der Waals surface area contributed by atoms with Gasteiger partial charge in [0, 0.05) is 5.92 Å². The van der Waals surface area contributed by atoms with Crippen molar-refractivity contribution < 1.29 is 29.3 Å². The van der Waals surface area contributed by atoms with Crippen LogP contribution in [0, 0.1) is 0 Å². The quantitative estimate of drug-likeness (QED) is 0.475. The normalized spacial score (nSPS) is 15.1. The molecular formula is C24H28N2O6. The van der Waals surface area contributed by atoms with Crippen molar-refractivity contribution in [2.24, 2.45) is 0 Å². The Bertz CT molecular complexity index is 962. The highest BCUT2D eigenvalue weighted by molar-refractivity contribution is 5.90. The molecule has 8 heteroatoms. The highest BCUT2D eigenvalue weighted by atomic mass is 16.5. The molecule has 32 heavy (non-hydrogen) atoms. The number of benzene rings is 2. The molecule has 2 amide bonds. The molecule has 2 unspecified atom stereocenters. The highest BCUT2D eigenvalue weighted by Crippen LogP contribution is 2.44. The molecular weight excluding hydrogens is 412 g/mol. The molecule has 1 aliphatic rings. The Labute approximate surface area is 186 Å². The zero-order valence-electron chi connectivity index (χ0n) is 18.1. The molecule has 4 N–H and O–H groups in total. The van der Waals surface area contributed by atoms with Gasteiger partial charge in [0.05, 0.1) is 6.54 Å². The van der Waals surface area contributed by atoms with Gasteiger partial charge in [0.1, 0.15) is 12.1 Å². The first kappa shape index (κ1) is 23.3. The number of aliphatic carboxylic acids is 1. The summed E-state index contributed by atoms with van der Waals surface area (Å²) in [5.41, 5.74) is 3.08. The number of rotatable bonds is 9. The Morgan fingerprint density at radius 1 is 1.06 bits per heavy atom. The van der Waals surface area contributed by atoms with Crippen LogP contribution in [0.3, 0.4) is 0 Å². The largest absolute Gasteiger partial charge is 0.479 e. The molecule has 0 bridgehead atoms. The maximum Gasteiger partial charge on any atom is 0.408 e. The summed E-state index contributed by atoms with van der Waals surface area (Å²) in [5.74, 6) is -2.13. The molecule has 2 atom stereocenters. The molecule has 0 aromatic heterocycles. The van der Waals surface area contributed by atoms with E-state index in [9.17, 15) is 19.5 Å². The molecule has 2 aromatic carbocycles. The third kappa shape index (κ3) is 4.91. The maximum absolute atomic E-state index is 12.6. The number of amides is 2. The van der Waals surface area contributed by atoms with Crippen molar-refractivity contribution in [3.63, 3.8) is 0 Å². The van der Waals surface area contributed by atoms with E-state index in [1.807, 2.05) is 55.5 Å². The molecule has 0 saturated carbocycles. The fourth-order valence-corrected chi connectivity index (χ4v) is 4.06. The molecule has 8 nitrogen and oxygen atoms in total. The molecule has 0 spiro atoms. The zero-order chi connectivity index (χ0) is 23.3. The number of ether oxygens (including phenoxy) is 1. The van der Waals surface area contributed by atoms with Crippen molar-refractivity contribution in [3.8, 4) is 11.1 Å². The van der Waals surface area contributed by atoms with Crippen LogP contribution in [0.4, 0.5) is 4.79 Å². The van der Waals surface area contributed by atoms with Gasteiger partial charge in [-0.2, -0.15) is 0 Å². The third-order valence-electron chi connectivity index (χ3n) is 5.71. The second-order valence-electron chi connectivity index (χ2n) is 8.10. The van der Waals surface area contributed by atoms with Gasteiger partial charge < -0.3 is 25.6 Å². The van der Waals surface area contributed by atoms with Crippen LogP contribution < -0.4 is 10.6 Å². The maximum atomic E-state index is 12.6. The van der Waals surface area contributed by atoms with Crippen LogP contribution in [0.15, 0.2) is 48.5 Å². The van der Waals surface area contributed by atoms with Crippen LogP contribution >= 0.6 is 0 Å². The van der Waals surface area contributed by atoms with Crippen molar-refractivity contribution in [3.05, 3.63) is 59.7 Å². The van der Waals surface area contributed by atoms with E-state index in [0.717, 1.165) is 22.3 Å². The average molecular weight is 440 g/mol. The molecule has 1 aliphatic carbocycles. The molecule has 170 valence electrons. The lowest BCUT2D eigenvalue weighted by molar-refractivity contribution is -0.146. The minimum Gasteiger partial charge on any atom is -0.479 e. The molecule has 0 fully saturated rings. The summed E-state index contributed by atoms with van der Waals surface area (Å²) in [7, 11) is 0. The SMILES string of the molecule is CCCC(C)(NC(=O)OCC1c2ccccc2-c2ccccc21)C(=O)NCC(O)C(=O)O. The van der Waals surface area contributed by atoms with Crippen LogP contribution in [-0.4, -0.2) is 53.0 Å². The molecule has 0 saturated heterocycles. The number of hydrogen-bond acceptors (Lipinski definition) is 5. The molecule has 2 aromatic rings.